The molecule has 0 fully saturated rings. The Morgan fingerprint density at radius 1 is 1.12 bits per heavy atom. The van der Waals surface area contributed by atoms with Crippen molar-refractivity contribution in [2.24, 2.45) is 5.73 Å². The predicted octanol–water partition coefficient (Wildman–Crippen LogP) is 2.30. The van der Waals surface area contributed by atoms with Crippen LogP contribution >= 0.6 is 0 Å². The molecule has 1 aliphatic rings. The number of hydrogen-bond donors (Lipinski definition) is 1. The predicted molar refractivity (Wildman–Crippen MR) is 64.6 cm³/mol. The molecule has 0 aliphatic heterocycles. The number of aryl methyl sites for hydroxylation is 1. The zero-order valence-corrected chi connectivity index (χ0v) is 8.94. The minimum atomic E-state index is -0.311. The lowest BCUT2D eigenvalue weighted by atomic mass is 9.84. The maximum absolute atomic E-state index is 11.9. The molecule has 80 valence electrons. The molecule has 0 radical (unpaired) electrons. The first-order valence-corrected chi connectivity index (χ1v) is 5.58. The molecule has 0 saturated carbocycles. The third kappa shape index (κ3) is 1.27. The fourth-order valence-electron chi connectivity index (χ4n) is 2.47. The lowest BCUT2D eigenvalue weighted by Crippen LogP contribution is -2.35. The molecule has 0 amide bonds. The second-order valence-corrected chi connectivity index (χ2v) is 4.32. The van der Waals surface area contributed by atoms with E-state index in [9.17, 15) is 4.79 Å². The standard InChI is InChI=1S/C14H13NO/c15-13-8-7-11-10-4-2-1-3-9(10)5-6-12(11)14(13)16/h1-6,13H,7-8,15H2. The van der Waals surface area contributed by atoms with E-state index in [0.29, 0.717) is 0 Å². The van der Waals surface area contributed by atoms with Gasteiger partial charge in [-0.15, -0.1) is 0 Å². The number of hydrogen-bond acceptors (Lipinski definition) is 2. The summed E-state index contributed by atoms with van der Waals surface area (Å²) in [5.74, 6) is 0.0898. The maximum Gasteiger partial charge on any atom is 0.179 e. The van der Waals surface area contributed by atoms with Crippen LogP contribution in [-0.4, -0.2) is 11.8 Å². The zero-order valence-electron chi connectivity index (χ0n) is 8.94. The number of nitrogens with two attached hydrogens (primary N) is 1. The molecule has 1 aliphatic carbocycles. The highest BCUT2D eigenvalue weighted by Gasteiger charge is 2.25. The van der Waals surface area contributed by atoms with Crippen molar-refractivity contribution < 1.29 is 4.79 Å². The van der Waals surface area contributed by atoms with Gasteiger partial charge in [0.05, 0.1) is 6.04 Å². The first-order chi connectivity index (χ1) is 7.77. The number of Topliss-reactive ketones (excluding diaryl/α,β-unsaturated/α-hetero) is 1. The lowest BCUT2D eigenvalue weighted by Gasteiger charge is -2.21. The van der Waals surface area contributed by atoms with Gasteiger partial charge in [0, 0.05) is 5.56 Å². The van der Waals surface area contributed by atoms with Gasteiger partial charge in [0.25, 0.3) is 0 Å². The highest BCUT2D eigenvalue weighted by molar-refractivity contribution is 6.06. The summed E-state index contributed by atoms with van der Waals surface area (Å²) in [7, 11) is 0. The fourth-order valence-corrected chi connectivity index (χ4v) is 2.47. The number of benzene rings is 2. The third-order valence-electron chi connectivity index (χ3n) is 3.35. The Balaban J connectivity index is 2.32. The summed E-state index contributed by atoms with van der Waals surface area (Å²) in [4.78, 5) is 11.9. The maximum atomic E-state index is 11.9. The molecule has 3 rings (SSSR count). The van der Waals surface area contributed by atoms with E-state index in [0.717, 1.165) is 18.4 Å². The smallest absolute Gasteiger partial charge is 0.179 e. The quantitative estimate of drug-likeness (QED) is 0.726. The molecule has 1 atom stereocenters. The molecule has 0 heterocycles. The molecule has 1 unspecified atom stereocenters. The second-order valence-electron chi connectivity index (χ2n) is 4.32. The number of carbonyl (C=O) groups excluding carboxylic acids is 1. The molecular weight excluding hydrogens is 198 g/mol. The Morgan fingerprint density at radius 2 is 1.94 bits per heavy atom. The molecule has 2 heteroatoms. The molecule has 16 heavy (non-hydrogen) atoms. The van der Waals surface area contributed by atoms with Crippen LogP contribution in [0.15, 0.2) is 36.4 Å². The van der Waals surface area contributed by atoms with Crippen molar-refractivity contribution in [3.63, 3.8) is 0 Å². The number of fused-ring (bicyclic) bond motifs is 3. The Labute approximate surface area is 94.1 Å². The van der Waals surface area contributed by atoms with Crippen molar-refractivity contribution in [2.75, 3.05) is 0 Å². The minimum Gasteiger partial charge on any atom is -0.321 e. The van der Waals surface area contributed by atoms with Crippen molar-refractivity contribution in [3.05, 3.63) is 47.5 Å². The van der Waals surface area contributed by atoms with Crippen LogP contribution in [0.5, 0.6) is 0 Å². The van der Waals surface area contributed by atoms with Gasteiger partial charge in [0.15, 0.2) is 5.78 Å². The zero-order chi connectivity index (χ0) is 11.1. The van der Waals surface area contributed by atoms with Gasteiger partial charge in [0.1, 0.15) is 0 Å². The van der Waals surface area contributed by atoms with E-state index in [1.807, 2.05) is 24.3 Å². The molecule has 2 N–H and O–H groups in total. The van der Waals surface area contributed by atoms with E-state index in [1.165, 1.54) is 16.3 Å². The molecule has 0 bridgehead atoms. The molecule has 2 nitrogen and oxygen atoms in total. The van der Waals surface area contributed by atoms with Crippen molar-refractivity contribution in [2.45, 2.75) is 18.9 Å². The molecule has 0 saturated heterocycles. The van der Waals surface area contributed by atoms with E-state index < -0.39 is 0 Å². The van der Waals surface area contributed by atoms with Crippen LogP contribution in [0.1, 0.15) is 22.3 Å². The third-order valence-corrected chi connectivity index (χ3v) is 3.35. The minimum absolute atomic E-state index is 0.0898. The summed E-state index contributed by atoms with van der Waals surface area (Å²) in [5, 5.41) is 2.39. The van der Waals surface area contributed by atoms with Gasteiger partial charge in [-0.05, 0) is 29.2 Å². The fraction of sp³-hybridized carbons (Fsp3) is 0.214. The Bertz CT molecular complexity index is 574. The topological polar surface area (TPSA) is 43.1 Å². The molecule has 0 spiro atoms. The van der Waals surface area contributed by atoms with Crippen molar-refractivity contribution in [1.29, 1.82) is 0 Å². The largest absolute Gasteiger partial charge is 0.321 e. The van der Waals surface area contributed by atoms with Crippen LogP contribution in [0, 0.1) is 0 Å². The van der Waals surface area contributed by atoms with Gasteiger partial charge in [-0.3, -0.25) is 4.79 Å². The summed E-state index contributed by atoms with van der Waals surface area (Å²) in [5.41, 5.74) is 7.78. The first-order valence-electron chi connectivity index (χ1n) is 5.58. The van der Waals surface area contributed by atoms with Crippen LogP contribution < -0.4 is 5.73 Å². The summed E-state index contributed by atoms with van der Waals surface area (Å²) in [6.07, 6.45) is 1.67. The van der Waals surface area contributed by atoms with Crippen LogP contribution in [0.25, 0.3) is 10.8 Å². The normalized spacial score (nSPS) is 19.8. The first kappa shape index (κ1) is 9.55. The number of carbonyl (C=O) groups is 1. The number of rotatable bonds is 0. The van der Waals surface area contributed by atoms with E-state index >= 15 is 0 Å². The molecular formula is C14H13NO. The van der Waals surface area contributed by atoms with Gasteiger partial charge >= 0.3 is 0 Å². The van der Waals surface area contributed by atoms with Gasteiger partial charge in [-0.2, -0.15) is 0 Å². The highest BCUT2D eigenvalue weighted by atomic mass is 16.1. The number of ketones is 1. The Kier molecular flexibility index (Phi) is 2.04. The van der Waals surface area contributed by atoms with Gasteiger partial charge in [0.2, 0.25) is 0 Å². The lowest BCUT2D eigenvalue weighted by molar-refractivity contribution is 0.0949. The monoisotopic (exact) mass is 211 g/mol. The highest BCUT2D eigenvalue weighted by Crippen LogP contribution is 2.28. The van der Waals surface area contributed by atoms with E-state index in [2.05, 4.69) is 12.1 Å². The summed E-state index contributed by atoms with van der Waals surface area (Å²) >= 11 is 0. The van der Waals surface area contributed by atoms with Crippen molar-refractivity contribution >= 4 is 16.6 Å². The van der Waals surface area contributed by atoms with E-state index in [-0.39, 0.29) is 11.8 Å². The summed E-state index contributed by atoms with van der Waals surface area (Å²) < 4.78 is 0. The molecule has 2 aromatic rings. The van der Waals surface area contributed by atoms with Gasteiger partial charge in [-0.1, -0.05) is 36.4 Å². The second kappa shape index (κ2) is 3.42. The Hall–Kier alpha value is -1.67. The Morgan fingerprint density at radius 3 is 2.81 bits per heavy atom. The SMILES string of the molecule is NC1CCc2c(ccc3ccccc23)C1=O. The van der Waals surface area contributed by atoms with Crippen LogP contribution in [0.4, 0.5) is 0 Å². The van der Waals surface area contributed by atoms with E-state index in [4.69, 9.17) is 5.73 Å². The van der Waals surface area contributed by atoms with Crippen LogP contribution in [-0.2, 0) is 6.42 Å². The van der Waals surface area contributed by atoms with Crippen LogP contribution in [0.2, 0.25) is 0 Å². The van der Waals surface area contributed by atoms with E-state index in [1.54, 1.807) is 0 Å². The van der Waals surface area contributed by atoms with Gasteiger partial charge in [-0.25, -0.2) is 0 Å². The van der Waals surface area contributed by atoms with Crippen LogP contribution in [0.3, 0.4) is 0 Å². The van der Waals surface area contributed by atoms with Gasteiger partial charge < -0.3 is 5.73 Å². The van der Waals surface area contributed by atoms with Crippen molar-refractivity contribution in [1.82, 2.24) is 0 Å². The average Bonchev–Trinajstić information content (AvgIpc) is 2.33. The molecule has 0 aromatic heterocycles. The van der Waals surface area contributed by atoms with Crippen molar-refractivity contribution in [3.8, 4) is 0 Å². The molecule has 2 aromatic carbocycles. The average molecular weight is 211 g/mol. The summed E-state index contributed by atoms with van der Waals surface area (Å²) in [6.45, 7) is 0. The summed E-state index contributed by atoms with van der Waals surface area (Å²) in [6, 6.07) is 11.8.